The molecule has 0 aliphatic carbocycles. The minimum Gasteiger partial charge on any atom is -0.272 e. The number of fused-ring (bicyclic) bond motifs is 2. The Morgan fingerprint density at radius 3 is 3.08 bits per heavy atom. The zero-order valence-corrected chi connectivity index (χ0v) is 14.2. The van der Waals surface area contributed by atoms with Gasteiger partial charge >= 0.3 is 0 Å². The second kappa shape index (κ2) is 5.12. The van der Waals surface area contributed by atoms with Gasteiger partial charge in [0.05, 0.1) is 45.1 Å². The molecule has 0 bridgehead atoms. The van der Waals surface area contributed by atoms with Crippen LogP contribution in [0.3, 0.4) is 0 Å². The first-order chi connectivity index (χ1) is 12.2. The number of aromatic amines is 2. The Bertz CT molecular complexity index is 1240. The lowest BCUT2D eigenvalue weighted by Crippen LogP contribution is -2.27. The number of aromatic nitrogens is 7. The van der Waals surface area contributed by atoms with Crippen LogP contribution in [0.1, 0.15) is 5.56 Å². The highest BCUT2D eigenvalue weighted by Crippen LogP contribution is 2.26. The molecule has 25 heavy (non-hydrogen) atoms. The first kappa shape index (κ1) is 14.1. The molecule has 5 rings (SSSR count). The number of thiazole rings is 1. The van der Waals surface area contributed by atoms with Gasteiger partial charge in [-0.1, -0.05) is 12.6 Å². The van der Waals surface area contributed by atoms with E-state index < -0.39 is 0 Å². The molecule has 0 atom stereocenters. The normalized spacial score (nSPS) is 11.6. The zero-order valence-electron chi connectivity index (χ0n) is 13.4. The van der Waals surface area contributed by atoms with Gasteiger partial charge in [-0.25, -0.2) is 19.6 Å². The van der Waals surface area contributed by atoms with E-state index in [9.17, 15) is 0 Å². The second-order valence-corrected chi connectivity index (χ2v) is 6.71. The molecule has 0 aliphatic heterocycles. The van der Waals surface area contributed by atoms with E-state index in [0.29, 0.717) is 0 Å². The molecule has 4 aromatic heterocycles. The van der Waals surface area contributed by atoms with E-state index in [1.807, 2.05) is 46.4 Å². The van der Waals surface area contributed by atoms with Crippen molar-refractivity contribution in [3.8, 4) is 11.3 Å². The van der Waals surface area contributed by atoms with E-state index in [1.54, 1.807) is 17.5 Å². The van der Waals surface area contributed by atoms with E-state index in [4.69, 9.17) is 4.98 Å². The van der Waals surface area contributed by atoms with Gasteiger partial charge in [-0.15, -0.1) is 16.0 Å². The number of H-pyrrole nitrogens is 2. The quantitative estimate of drug-likeness (QED) is 0.492. The van der Waals surface area contributed by atoms with E-state index in [1.165, 1.54) is 0 Å². The van der Waals surface area contributed by atoms with Crippen molar-refractivity contribution in [2.24, 2.45) is 7.05 Å². The molecule has 0 aliphatic rings. The Morgan fingerprint density at radius 2 is 2.24 bits per heavy atom. The number of benzene rings is 1. The Morgan fingerprint density at radius 1 is 1.32 bits per heavy atom. The van der Waals surface area contributed by atoms with Crippen LogP contribution in [-0.4, -0.2) is 29.8 Å². The first-order valence-electron chi connectivity index (χ1n) is 7.70. The van der Waals surface area contributed by atoms with Crippen molar-refractivity contribution in [2.75, 3.05) is 0 Å². The highest BCUT2D eigenvalue weighted by Gasteiger charge is 2.16. The van der Waals surface area contributed by atoms with Gasteiger partial charge in [0.2, 0.25) is 6.20 Å². The molecule has 0 radical (unpaired) electrons. The third kappa shape index (κ3) is 2.18. The standard InChI is InChI=1S/C17H13N7S/c1-10(11-3-4-13-15(5-11)25-9-19-13)24-17-16(22-24)18-7-14(21-17)12-6-20-23(2)8-12/h3-9H,1H2,2H3,(H,18,22)/p+1. The van der Waals surface area contributed by atoms with Gasteiger partial charge in [-0.2, -0.15) is 5.10 Å². The summed E-state index contributed by atoms with van der Waals surface area (Å²) in [6.07, 6.45) is 5.64. The Balaban J connectivity index is 1.57. The predicted octanol–water partition coefficient (Wildman–Crippen LogP) is 2.71. The number of nitrogens with zero attached hydrogens (tertiary/aromatic N) is 5. The first-order valence-corrected chi connectivity index (χ1v) is 8.58. The van der Waals surface area contributed by atoms with E-state index in [-0.39, 0.29) is 0 Å². The minimum atomic E-state index is 0.753. The van der Waals surface area contributed by atoms with Crippen LogP contribution in [-0.2, 0) is 7.05 Å². The van der Waals surface area contributed by atoms with Crippen LogP contribution >= 0.6 is 11.3 Å². The molecule has 7 nitrogen and oxygen atoms in total. The zero-order chi connectivity index (χ0) is 17.0. The lowest BCUT2D eigenvalue weighted by atomic mass is 10.1. The number of hydrogen-bond donors (Lipinski definition) is 2. The van der Waals surface area contributed by atoms with Crippen LogP contribution in [0, 0.1) is 0 Å². The molecular formula is C17H14N7S+. The molecule has 1 aromatic carbocycles. The van der Waals surface area contributed by atoms with Crippen LogP contribution in [0.15, 0.2) is 48.9 Å². The van der Waals surface area contributed by atoms with E-state index in [0.717, 1.165) is 44.0 Å². The summed E-state index contributed by atoms with van der Waals surface area (Å²) >= 11 is 1.62. The predicted molar refractivity (Wildman–Crippen MR) is 96.9 cm³/mol. The fourth-order valence-electron chi connectivity index (χ4n) is 2.81. The van der Waals surface area contributed by atoms with Gasteiger partial charge in [0.25, 0.3) is 0 Å². The highest BCUT2D eigenvalue weighted by molar-refractivity contribution is 7.16. The number of nitrogens with one attached hydrogen (secondary N) is 2. The molecule has 0 amide bonds. The molecule has 0 saturated carbocycles. The number of hydrogen-bond acceptors (Lipinski definition) is 4. The maximum Gasteiger partial charge on any atom is 0.204 e. The van der Waals surface area contributed by atoms with Gasteiger partial charge in [-0.05, 0) is 12.1 Å². The minimum absolute atomic E-state index is 0.753. The smallest absolute Gasteiger partial charge is 0.204 e. The maximum absolute atomic E-state index is 4.72. The summed E-state index contributed by atoms with van der Waals surface area (Å²) in [5.41, 5.74) is 8.03. The SMILES string of the molecule is C=C(c1ccc2ncsc2c1)n1[nH]c2ncc(-c3c[nH][n+](C)c3)nc21. The van der Waals surface area contributed by atoms with Gasteiger partial charge in [-0.3, -0.25) is 5.10 Å². The average molecular weight is 348 g/mol. The molecule has 122 valence electrons. The monoisotopic (exact) mass is 348 g/mol. The highest BCUT2D eigenvalue weighted by atomic mass is 32.1. The fourth-order valence-corrected chi connectivity index (χ4v) is 3.53. The average Bonchev–Trinajstić information content (AvgIpc) is 3.23. The van der Waals surface area contributed by atoms with Crippen molar-refractivity contribution in [1.29, 1.82) is 0 Å². The third-order valence-electron chi connectivity index (χ3n) is 4.17. The molecule has 0 fully saturated rings. The van der Waals surface area contributed by atoms with Crippen LogP contribution in [0.25, 0.3) is 38.5 Å². The topological polar surface area (TPSA) is 79.1 Å². The molecular weight excluding hydrogens is 334 g/mol. The second-order valence-electron chi connectivity index (χ2n) is 5.83. The van der Waals surface area contributed by atoms with Gasteiger partial charge < -0.3 is 0 Å². The molecule has 0 spiro atoms. The Hall–Kier alpha value is -3.26. The molecule has 0 saturated heterocycles. The summed E-state index contributed by atoms with van der Waals surface area (Å²) in [5, 5.41) is 6.27. The number of aryl methyl sites for hydroxylation is 1. The molecule has 2 N–H and O–H groups in total. The van der Waals surface area contributed by atoms with Crippen LogP contribution in [0.2, 0.25) is 0 Å². The molecule has 8 heteroatoms. The largest absolute Gasteiger partial charge is 0.272 e. The van der Waals surface area contributed by atoms with Gasteiger partial charge in [0, 0.05) is 5.56 Å². The summed E-state index contributed by atoms with van der Waals surface area (Å²) in [6, 6.07) is 6.13. The van der Waals surface area contributed by atoms with Crippen molar-refractivity contribution in [3.63, 3.8) is 0 Å². The maximum atomic E-state index is 4.72. The summed E-state index contributed by atoms with van der Waals surface area (Å²) in [6.45, 7) is 4.21. The van der Waals surface area contributed by atoms with Gasteiger partial charge in [0.1, 0.15) is 0 Å². The fraction of sp³-hybridized carbons (Fsp3) is 0.0588. The number of rotatable bonds is 3. The van der Waals surface area contributed by atoms with Crippen LogP contribution in [0.4, 0.5) is 0 Å². The Labute approximate surface area is 146 Å². The summed E-state index contributed by atoms with van der Waals surface area (Å²) in [5.74, 6) is 0. The third-order valence-corrected chi connectivity index (χ3v) is 4.96. The van der Waals surface area contributed by atoms with Crippen molar-refractivity contribution in [3.05, 3.63) is 54.4 Å². The van der Waals surface area contributed by atoms with Crippen molar-refractivity contribution in [2.45, 2.75) is 0 Å². The lowest BCUT2D eigenvalue weighted by molar-refractivity contribution is -0.726. The molecule has 0 unspecified atom stereocenters. The molecule has 4 heterocycles. The summed E-state index contributed by atoms with van der Waals surface area (Å²) < 4.78 is 4.87. The Kier molecular flexibility index (Phi) is 2.89. The van der Waals surface area contributed by atoms with Crippen molar-refractivity contribution in [1.82, 2.24) is 29.8 Å². The molecule has 5 aromatic rings. The van der Waals surface area contributed by atoms with Crippen molar-refractivity contribution >= 4 is 38.5 Å². The summed E-state index contributed by atoms with van der Waals surface area (Å²) in [4.78, 5) is 13.5. The van der Waals surface area contributed by atoms with Crippen LogP contribution in [0.5, 0.6) is 0 Å². The van der Waals surface area contributed by atoms with Crippen LogP contribution < -0.4 is 4.68 Å². The van der Waals surface area contributed by atoms with E-state index in [2.05, 4.69) is 32.8 Å². The van der Waals surface area contributed by atoms with Gasteiger partial charge in [0.15, 0.2) is 18.3 Å². The summed E-state index contributed by atoms with van der Waals surface area (Å²) in [7, 11) is 1.93. The van der Waals surface area contributed by atoms with Crippen molar-refractivity contribution < 1.29 is 4.68 Å². The van der Waals surface area contributed by atoms with E-state index >= 15 is 0 Å². The lowest BCUT2D eigenvalue weighted by Gasteiger charge is -2.17.